The minimum atomic E-state index is -3.84. The number of rotatable bonds is 9. The normalized spacial score (nSPS) is 20.3. The standard InChI is InChI=1S/C26H34N2O6S/c1-28(35(30,31)23-15-13-22(14-16-23)33-21-10-4-2-5-11-21)26(17-7-3-8-18-26)20-24(29)27-34-25-12-6-9-19-32-25/h2,4-5,10-11,13-16,25H,3,6-9,12,17-20H2,1H3,(H,27,29). The Morgan fingerprint density at radius 1 is 1.00 bits per heavy atom. The quantitative estimate of drug-likeness (QED) is 0.497. The van der Waals surface area contributed by atoms with Crippen molar-refractivity contribution in [2.24, 2.45) is 0 Å². The van der Waals surface area contributed by atoms with Crippen LogP contribution in [0.15, 0.2) is 59.5 Å². The summed E-state index contributed by atoms with van der Waals surface area (Å²) >= 11 is 0. The van der Waals surface area contributed by atoms with E-state index < -0.39 is 21.9 Å². The Bertz CT molecular complexity index is 1060. The van der Waals surface area contributed by atoms with Crippen molar-refractivity contribution in [3.63, 3.8) is 0 Å². The molecule has 2 fully saturated rings. The molecular formula is C26H34N2O6S. The Hall–Kier alpha value is -2.46. The lowest BCUT2D eigenvalue weighted by atomic mass is 9.79. The van der Waals surface area contributed by atoms with E-state index in [0.29, 0.717) is 30.9 Å². The smallest absolute Gasteiger partial charge is 0.245 e. The van der Waals surface area contributed by atoms with Gasteiger partial charge >= 0.3 is 0 Å². The molecule has 2 aromatic carbocycles. The van der Waals surface area contributed by atoms with Crippen LogP contribution in [-0.4, -0.2) is 44.1 Å². The summed E-state index contributed by atoms with van der Waals surface area (Å²) in [6, 6.07) is 15.7. The Kier molecular flexibility index (Phi) is 8.43. The highest BCUT2D eigenvalue weighted by atomic mass is 32.2. The molecule has 2 aliphatic rings. The maximum absolute atomic E-state index is 13.6. The molecule has 1 saturated heterocycles. The zero-order chi connectivity index (χ0) is 24.7. The average Bonchev–Trinajstić information content (AvgIpc) is 2.89. The molecule has 1 N–H and O–H groups in total. The van der Waals surface area contributed by atoms with E-state index in [0.717, 1.165) is 38.5 Å². The van der Waals surface area contributed by atoms with Crippen molar-refractivity contribution in [1.82, 2.24) is 9.79 Å². The van der Waals surface area contributed by atoms with Crippen LogP contribution < -0.4 is 10.2 Å². The number of amides is 1. The number of hydrogen-bond acceptors (Lipinski definition) is 6. The highest BCUT2D eigenvalue weighted by molar-refractivity contribution is 7.89. The molecule has 1 unspecified atom stereocenters. The number of sulfonamides is 1. The van der Waals surface area contributed by atoms with Crippen molar-refractivity contribution in [2.45, 2.75) is 74.5 Å². The monoisotopic (exact) mass is 502 g/mol. The van der Waals surface area contributed by atoms with Crippen molar-refractivity contribution < 1.29 is 27.5 Å². The van der Waals surface area contributed by atoms with Gasteiger partial charge in [-0.2, -0.15) is 4.31 Å². The number of carbonyl (C=O) groups is 1. The molecule has 1 saturated carbocycles. The van der Waals surface area contributed by atoms with Crippen LogP contribution in [0.5, 0.6) is 11.5 Å². The summed E-state index contributed by atoms with van der Waals surface area (Å²) in [5.74, 6) is 0.884. The van der Waals surface area contributed by atoms with E-state index in [9.17, 15) is 13.2 Å². The van der Waals surface area contributed by atoms with Gasteiger partial charge in [0, 0.05) is 32.0 Å². The third-order valence-electron chi connectivity index (χ3n) is 6.85. The van der Waals surface area contributed by atoms with Gasteiger partial charge in [-0.3, -0.25) is 4.79 Å². The number of para-hydroxylation sites is 1. The van der Waals surface area contributed by atoms with Gasteiger partial charge < -0.3 is 9.47 Å². The van der Waals surface area contributed by atoms with Crippen LogP contribution in [0.2, 0.25) is 0 Å². The van der Waals surface area contributed by atoms with Gasteiger partial charge in [-0.05, 0) is 62.1 Å². The van der Waals surface area contributed by atoms with Crippen LogP contribution in [0.4, 0.5) is 0 Å². The fourth-order valence-electron chi connectivity index (χ4n) is 4.80. The number of hydroxylamine groups is 1. The van der Waals surface area contributed by atoms with Crippen LogP contribution in [-0.2, 0) is 24.4 Å². The van der Waals surface area contributed by atoms with Crippen LogP contribution in [0.3, 0.4) is 0 Å². The maximum Gasteiger partial charge on any atom is 0.245 e. The summed E-state index contributed by atoms with van der Waals surface area (Å²) in [5, 5.41) is 0. The summed E-state index contributed by atoms with van der Waals surface area (Å²) in [6.45, 7) is 0.612. The predicted molar refractivity (Wildman–Crippen MR) is 131 cm³/mol. The number of benzene rings is 2. The number of ether oxygens (including phenoxy) is 2. The molecule has 1 aliphatic heterocycles. The molecule has 0 radical (unpaired) electrons. The van der Waals surface area contributed by atoms with E-state index in [4.69, 9.17) is 14.3 Å². The zero-order valence-electron chi connectivity index (χ0n) is 20.1. The van der Waals surface area contributed by atoms with Crippen LogP contribution >= 0.6 is 0 Å². The largest absolute Gasteiger partial charge is 0.457 e. The first-order chi connectivity index (χ1) is 16.9. The second-order valence-corrected chi connectivity index (χ2v) is 11.2. The third kappa shape index (κ3) is 6.41. The average molecular weight is 503 g/mol. The van der Waals surface area contributed by atoms with Crippen molar-refractivity contribution in [3.8, 4) is 11.5 Å². The first kappa shape index (κ1) is 25.6. The molecule has 4 rings (SSSR count). The summed E-state index contributed by atoms with van der Waals surface area (Å²) in [4.78, 5) is 18.4. The summed E-state index contributed by atoms with van der Waals surface area (Å²) in [5.41, 5.74) is 1.69. The van der Waals surface area contributed by atoms with Gasteiger partial charge in [-0.25, -0.2) is 18.7 Å². The molecule has 35 heavy (non-hydrogen) atoms. The topological polar surface area (TPSA) is 94.2 Å². The Morgan fingerprint density at radius 3 is 2.34 bits per heavy atom. The van der Waals surface area contributed by atoms with Gasteiger partial charge in [0.25, 0.3) is 0 Å². The fraction of sp³-hybridized carbons (Fsp3) is 0.500. The van der Waals surface area contributed by atoms with Gasteiger partial charge in [0.15, 0.2) is 6.29 Å². The van der Waals surface area contributed by atoms with Crippen LogP contribution in [0, 0.1) is 0 Å². The second-order valence-electron chi connectivity index (χ2n) is 9.26. The highest BCUT2D eigenvalue weighted by Crippen LogP contribution is 2.39. The van der Waals surface area contributed by atoms with E-state index in [1.165, 1.54) is 4.31 Å². The molecule has 8 nitrogen and oxygen atoms in total. The molecular weight excluding hydrogens is 468 g/mol. The van der Waals surface area contributed by atoms with Crippen molar-refractivity contribution >= 4 is 15.9 Å². The number of nitrogens with one attached hydrogen (secondary N) is 1. The summed E-state index contributed by atoms with van der Waals surface area (Å²) < 4.78 is 39.9. The van der Waals surface area contributed by atoms with E-state index in [1.807, 2.05) is 30.3 Å². The number of hydrogen-bond donors (Lipinski definition) is 1. The van der Waals surface area contributed by atoms with Gasteiger partial charge in [-0.15, -0.1) is 0 Å². The third-order valence-corrected chi connectivity index (χ3v) is 8.82. The SMILES string of the molecule is CN(C1(CC(=O)NOC2CCCCO2)CCCCC1)S(=O)(=O)c1ccc(Oc2ccccc2)cc1. The fourth-order valence-corrected chi connectivity index (χ4v) is 6.35. The minimum Gasteiger partial charge on any atom is -0.457 e. The number of carbonyl (C=O) groups excluding carboxylic acids is 1. The molecule has 190 valence electrons. The van der Waals surface area contributed by atoms with Crippen LogP contribution in [0.1, 0.15) is 57.8 Å². The van der Waals surface area contributed by atoms with E-state index in [1.54, 1.807) is 31.3 Å². The Morgan fingerprint density at radius 2 is 1.69 bits per heavy atom. The molecule has 0 bridgehead atoms. The van der Waals surface area contributed by atoms with Gasteiger partial charge in [0.1, 0.15) is 11.5 Å². The van der Waals surface area contributed by atoms with E-state index >= 15 is 0 Å². The first-order valence-electron chi connectivity index (χ1n) is 12.3. The first-order valence-corrected chi connectivity index (χ1v) is 13.7. The second kappa shape index (κ2) is 11.5. The Labute approximate surface area is 207 Å². The zero-order valence-corrected chi connectivity index (χ0v) is 21.0. The maximum atomic E-state index is 13.6. The molecule has 0 spiro atoms. The Balaban J connectivity index is 1.45. The van der Waals surface area contributed by atoms with Gasteiger partial charge in [-0.1, -0.05) is 37.5 Å². The number of nitrogens with zero attached hydrogens (tertiary/aromatic N) is 1. The molecule has 1 heterocycles. The van der Waals surface area contributed by atoms with Gasteiger partial charge in [0.05, 0.1) is 4.90 Å². The van der Waals surface area contributed by atoms with E-state index in [-0.39, 0.29) is 17.2 Å². The minimum absolute atomic E-state index is 0.0324. The van der Waals surface area contributed by atoms with Crippen molar-refractivity contribution in [1.29, 1.82) is 0 Å². The molecule has 0 aromatic heterocycles. The summed E-state index contributed by atoms with van der Waals surface area (Å²) in [6.07, 6.45) is 6.26. The lowest BCUT2D eigenvalue weighted by Crippen LogP contribution is -2.53. The lowest BCUT2D eigenvalue weighted by Gasteiger charge is -2.43. The molecule has 9 heteroatoms. The van der Waals surface area contributed by atoms with Crippen molar-refractivity contribution in [2.75, 3.05) is 13.7 Å². The molecule has 2 aromatic rings. The molecule has 1 amide bonds. The van der Waals surface area contributed by atoms with Crippen molar-refractivity contribution in [3.05, 3.63) is 54.6 Å². The van der Waals surface area contributed by atoms with Crippen LogP contribution in [0.25, 0.3) is 0 Å². The predicted octanol–water partition coefficient (Wildman–Crippen LogP) is 4.77. The summed E-state index contributed by atoms with van der Waals surface area (Å²) in [7, 11) is -2.26. The molecule has 1 atom stereocenters. The van der Waals surface area contributed by atoms with E-state index in [2.05, 4.69) is 5.48 Å². The molecule has 1 aliphatic carbocycles. The van der Waals surface area contributed by atoms with Gasteiger partial charge in [0.2, 0.25) is 15.9 Å². The highest BCUT2D eigenvalue weighted by Gasteiger charge is 2.44. The lowest BCUT2D eigenvalue weighted by molar-refractivity contribution is -0.201.